The number of aromatic nitrogens is 3. The van der Waals surface area contributed by atoms with Gasteiger partial charge in [0, 0.05) is 18.9 Å². The Labute approximate surface area is 98.1 Å². The number of rotatable bonds is 4. The molecule has 0 unspecified atom stereocenters. The van der Waals surface area contributed by atoms with Crippen molar-refractivity contribution >= 4 is 5.78 Å². The van der Waals surface area contributed by atoms with E-state index in [-0.39, 0.29) is 5.69 Å². The molecule has 5 heteroatoms. The van der Waals surface area contributed by atoms with E-state index in [2.05, 4.69) is 10.1 Å². The standard InChI is InChI=1S/C12H12FN3O/c1-2-8-16-10(5-7-15-16)12(17)11-9(13)4-3-6-14-11/h3-7H,2,8H2,1H3. The highest BCUT2D eigenvalue weighted by Crippen LogP contribution is 2.11. The molecule has 88 valence electrons. The molecule has 2 aromatic rings. The quantitative estimate of drug-likeness (QED) is 0.759. The molecule has 0 spiro atoms. The Morgan fingerprint density at radius 3 is 2.94 bits per heavy atom. The molecule has 0 bridgehead atoms. The van der Waals surface area contributed by atoms with Crippen LogP contribution in [-0.4, -0.2) is 20.5 Å². The van der Waals surface area contributed by atoms with E-state index in [4.69, 9.17) is 0 Å². The first kappa shape index (κ1) is 11.4. The fraction of sp³-hybridized carbons (Fsp3) is 0.250. The normalized spacial score (nSPS) is 10.5. The number of hydrogen-bond acceptors (Lipinski definition) is 3. The lowest BCUT2D eigenvalue weighted by Crippen LogP contribution is -2.14. The summed E-state index contributed by atoms with van der Waals surface area (Å²) in [4.78, 5) is 15.8. The minimum absolute atomic E-state index is 0.162. The summed E-state index contributed by atoms with van der Waals surface area (Å²) in [7, 11) is 0. The third-order valence-corrected chi connectivity index (χ3v) is 2.36. The molecule has 0 radical (unpaired) electrons. The van der Waals surface area contributed by atoms with Gasteiger partial charge in [-0.2, -0.15) is 5.10 Å². The maximum atomic E-state index is 13.4. The second kappa shape index (κ2) is 4.86. The second-order valence-corrected chi connectivity index (χ2v) is 3.60. The van der Waals surface area contributed by atoms with Crippen molar-refractivity contribution in [1.29, 1.82) is 0 Å². The molecule has 2 heterocycles. The van der Waals surface area contributed by atoms with Crippen molar-refractivity contribution < 1.29 is 9.18 Å². The van der Waals surface area contributed by atoms with E-state index in [9.17, 15) is 9.18 Å². The zero-order valence-electron chi connectivity index (χ0n) is 9.43. The number of nitrogens with zero attached hydrogens (tertiary/aromatic N) is 3. The molecule has 2 aromatic heterocycles. The number of carbonyl (C=O) groups is 1. The molecule has 0 aliphatic carbocycles. The van der Waals surface area contributed by atoms with Crippen molar-refractivity contribution in [3.63, 3.8) is 0 Å². The van der Waals surface area contributed by atoms with Crippen molar-refractivity contribution in [3.8, 4) is 0 Å². The molecular weight excluding hydrogens is 221 g/mol. The van der Waals surface area contributed by atoms with Gasteiger partial charge in [-0.3, -0.25) is 9.48 Å². The summed E-state index contributed by atoms with van der Waals surface area (Å²) >= 11 is 0. The third-order valence-electron chi connectivity index (χ3n) is 2.36. The lowest BCUT2D eigenvalue weighted by molar-refractivity contribution is 0.102. The molecule has 0 fully saturated rings. The maximum Gasteiger partial charge on any atom is 0.232 e. The Bertz CT molecular complexity index is 536. The van der Waals surface area contributed by atoms with E-state index < -0.39 is 11.6 Å². The fourth-order valence-corrected chi connectivity index (χ4v) is 1.59. The van der Waals surface area contributed by atoms with Gasteiger partial charge in [-0.15, -0.1) is 0 Å². The van der Waals surface area contributed by atoms with Crippen molar-refractivity contribution in [2.45, 2.75) is 19.9 Å². The van der Waals surface area contributed by atoms with Gasteiger partial charge in [0.15, 0.2) is 5.82 Å². The van der Waals surface area contributed by atoms with Gasteiger partial charge in [0.05, 0.1) is 0 Å². The van der Waals surface area contributed by atoms with Gasteiger partial charge in [-0.05, 0) is 24.6 Å². The van der Waals surface area contributed by atoms with Crippen LogP contribution < -0.4 is 0 Å². The van der Waals surface area contributed by atoms with Crippen LogP contribution in [0.4, 0.5) is 4.39 Å². The number of halogens is 1. The maximum absolute atomic E-state index is 13.4. The number of pyridine rings is 1. The monoisotopic (exact) mass is 233 g/mol. The molecular formula is C12H12FN3O. The molecule has 4 nitrogen and oxygen atoms in total. The van der Waals surface area contributed by atoms with E-state index in [1.807, 2.05) is 6.92 Å². The zero-order chi connectivity index (χ0) is 12.3. The molecule has 17 heavy (non-hydrogen) atoms. The first-order valence-corrected chi connectivity index (χ1v) is 5.41. The van der Waals surface area contributed by atoms with Gasteiger partial charge < -0.3 is 0 Å². The molecule has 0 amide bonds. The second-order valence-electron chi connectivity index (χ2n) is 3.60. The lowest BCUT2D eigenvalue weighted by Gasteiger charge is -2.05. The number of ketones is 1. The van der Waals surface area contributed by atoms with E-state index in [1.54, 1.807) is 10.7 Å². The highest BCUT2D eigenvalue weighted by Gasteiger charge is 2.18. The Balaban J connectivity index is 2.37. The largest absolute Gasteiger partial charge is 0.285 e. The predicted molar refractivity (Wildman–Crippen MR) is 60.1 cm³/mol. The van der Waals surface area contributed by atoms with Gasteiger partial charge in [0.1, 0.15) is 11.4 Å². The van der Waals surface area contributed by atoms with Crippen LogP contribution in [0.1, 0.15) is 29.5 Å². The van der Waals surface area contributed by atoms with Crippen LogP contribution >= 0.6 is 0 Å². The third kappa shape index (κ3) is 2.22. The molecule has 2 rings (SSSR count). The smallest absolute Gasteiger partial charge is 0.232 e. The lowest BCUT2D eigenvalue weighted by atomic mass is 10.2. The van der Waals surface area contributed by atoms with Crippen molar-refractivity contribution in [3.05, 3.63) is 47.8 Å². The van der Waals surface area contributed by atoms with Crippen LogP contribution in [0.3, 0.4) is 0 Å². The van der Waals surface area contributed by atoms with E-state index in [0.717, 1.165) is 6.42 Å². The number of hydrogen-bond donors (Lipinski definition) is 0. The summed E-state index contributed by atoms with van der Waals surface area (Å²) in [5, 5.41) is 4.03. The average molecular weight is 233 g/mol. The Morgan fingerprint density at radius 1 is 1.41 bits per heavy atom. The van der Waals surface area contributed by atoms with E-state index in [0.29, 0.717) is 12.2 Å². The molecule has 0 saturated heterocycles. The summed E-state index contributed by atoms with van der Waals surface area (Å²) < 4.78 is 15.0. The molecule has 0 aliphatic rings. The van der Waals surface area contributed by atoms with Gasteiger partial charge in [-0.1, -0.05) is 6.92 Å². The fourth-order valence-electron chi connectivity index (χ4n) is 1.59. The Kier molecular flexibility index (Phi) is 3.27. The van der Waals surface area contributed by atoms with Crippen LogP contribution in [0.5, 0.6) is 0 Å². The van der Waals surface area contributed by atoms with Crippen LogP contribution in [0, 0.1) is 5.82 Å². The van der Waals surface area contributed by atoms with Crippen LogP contribution in [0.15, 0.2) is 30.6 Å². The predicted octanol–water partition coefficient (Wildman–Crippen LogP) is 2.06. The average Bonchev–Trinajstić information content (AvgIpc) is 2.78. The van der Waals surface area contributed by atoms with Gasteiger partial charge in [-0.25, -0.2) is 9.37 Å². The number of carbonyl (C=O) groups excluding carboxylic acids is 1. The summed E-state index contributed by atoms with van der Waals surface area (Å²) in [5.74, 6) is -1.05. The summed E-state index contributed by atoms with van der Waals surface area (Å²) in [5.41, 5.74) is 0.204. The highest BCUT2D eigenvalue weighted by molar-refractivity contribution is 6.06. The summed E-state index contributed by atoms with van der Waals surface area (Å²) in [6.07, 6.45) is 3.78. The topological polar surface area (TPSA) is 47.8 Å². The van der Waals surface area contributed by atoms with Crippen LogP contribution in [0.25, 0.3) is 0 Å². The van der Waals surface area contributed by atoms with Crippen molar-refractivity contribution in [2.24, 2.45) is 0 Å². The van der Waals surface area contributed by atoms with E-state index in [1.165, 1.54) is 24.5 Å². The Hall–Kier alpha value is -2.04. The molecule has 0 aliphatic heterocycles. The van der Waals surface area contributed by atoms with Gasteiger partial charge in [0.2, 0.25) is 5.78 Å². The van der Waals surface area contributed by atoms with E-state index >= 15 is 0 Å². The Morgan fingerprint density at radius 2 is 2.24 bits per heavy atom. The molecule has 0 N–H and O–H groups in total. The molecule has 0 aromatic carbocycles. The first-order chi connectivity index (χ1) is 8.24. The first-order valence-electron chi connectivity index (χ1n) is 5.41. The van der Waals surface area contributed by atoms with Crippen molar-refractivity contribution in [1.82, 2.24) is 14.8 Å². The summed E-state index contributed by atoms with van der Waals surface area (Å²) in [6.45, 7) is 2.61. The van der Waals surface area contributed by atoms with Gasteiger partial charge >= 0.3 is 0 Å². The van der Waals surface area contributed by atoms with Crippen LogP contribution in [0.2, 0.25) is 0 Å². The van der Waals surface area contributed by atoms with Crippen molar-refractivity contribution in [2.75, 3.05) is 0 Å². The highest BCUT2D eigenvalue weighted by atomic mass is 19.1. The number of aryl methyl sites for hydroxylation is 1. The summed E-state index contributed by atoms with van der Waals surface area (Å²) in [6, 6.07) is 4.25. The van der Waals surface area contributed by atoms with Gasteiger partial charge in [0.25, 0.3) is 0 Å². The molecule has 0 saturated carbocycles. The minimum atomic E-state index is -0.609. The van der Waals surface area contributed by atoms with Crippen LogP contribution in [-0.2, 0) is 6.54 Å². The minimum Gasteiger partial charge on any atom is -0.285 e. The molecule has 0 atom stereocenters. The SMILES string of the molecule is CCCn1nccc1C(=O)c1ncccc1F. The zero-order valence-corrected chi connectivity index (χ0v) is 9.43.